The summed E-state index contributed by atoms with van der Waals surface area (Å²) >= 11 is 0. The van der Waals surface area contributed by atoms with Crippen molar-refractivity contribution in [2.45, 2.75) is 20.4 Å². The van der Waals surface area contributed by atoms with Crippen molar-refractivity contribution in [1.82, 2.24) is 9.78 Å². The summed E-state index contributed by atoms with van der Waals surface area (Å²) in [6.07, 6.45) is 1.97. The van der Waals surface area contributed by atoms with E-state index >= 15 is 0 Å². The van der Waals surface area contributed by atoms with Crippen molar-refractivity contribution >= 4 is 0 Å². The molecule has 0 saturated carbocycles. The first-order valence-electron chi connectivity index (χ1n) is 5.95. The van der Waals surface area contributed by atoms with Gasteiger partial charge < -0.3 is 10.5 Å². The molecule has 1 aromatic heterocycles. The third-order valence-corrected chi connectivity index (χ3v) is 3.34. The van der Waals surface area contributed by atoms with Crippen LogP contribution >= 0.6 is 0 Å². The fourth-order valence-electron chi connectivity index (χ4n) is 2.19. The number of hydrogen-bond donors (Lipinski definition) is 1. The minimum absolute atomic E-state index is 0.494. The van der Waals surface area contributed by atoms with E-state index in [2.05, 4.69) is 18.9 Å². The molecule has 1 aromatic carbocycles. The fourth-order valence-corrected chi connectivity index (χ4v) is 2.19. The van der Waals surface area contributed by atoms with Gasteiger partial charge in [0.2, 0.25) is 0 Å². The molecule has 0 unspecified atom stereocenters. The molecule has 0 atom stereocenters. The first-order chi connectivity index (χ1) is 8.58. The molecule has 0 aliphatic heterocycles. The third-order valence-electron chi connectivity index (χ3n) is 3.34. The summed E-state index contributed by atoms with van der Waals surface area (Å²) in [5.41, 5.74) is 11.2. The predicted octanol–water partition coefficient (Wildman–Crippen LogP) is 2.17. The number of rotatable bonds is 3. The fraction of sp³-hybridized carbons (Fsp3) is 0.357. The Balaban J connectivity index is 2.61. The summed E-state index contributed by atoms with van der Waals surface area (Å²) in [7, 11) is 3.60. The van der Waals surface area contributed by atoms with Crippen LogP contribution in [0.15, 0.2) is 18.3 Å². The molecule has 18 heavy (non-hydrogen) atoms. The van der Waals surface area contributed by atoms with E-state index in [1.54, 1.807) is 11.8 Å². The molecule has 2 N–H and O–H groups in total. The van der Waals surface area contributed by atoms with Crippen molar-refractivity contribution in [2.24, 2.45) is 12.8 Å². The zero-order valence-electron chi connectivity index (χ0n) is 11.3. The molecule has 0 radical (unpaired) electrons. The van der Waals surface area contributed by atoms with Gasteiger partial charge >= 0.3 is 0 Å². The molecular weight excluding hydrogens is 226 g/mol. The molecule has 4 nitrogen and oxygen atoms in total. The van der Waals surface area contributed by atoms with Crippen molar-refractivity contribution in [3.63, 3.8) is 0 Å². The summed E-state index contributed by atoms with van der Waals surface area (Å²) in [5.74, 6) is 0.904. The van der Waals surface area contributed by atoms with E-state index in [1.807, 2.05) is 25.4 Å². The summed E-state index contributed by atoms with van der Waals surface area (Å²) in [5, 5.41) is 4.51. The van der Waals surface area contributed by atoms with E-state index in [0.717, 1.165) is 28.1 Å². The van der Waals surface area contributed by atoms with E-state index in [-0.39, 0.29) is 0 Å². The molecule has 0 spiro atoms. The zero-order chi connectivity index (χ0) is 13.3. The minimum atomic E-state index is 0.494. The Kier molecular flexibility index (Phi) is 3.39. The number of hydrogen-bond acceptors (Lipinski definition) is 3. The van der Waals surface area contributed by atoms with E-state index < -0.39 is 0 Å². The SMILES string of the molecule is COc1ccc(-c2nn(C)cc2CN)c(C)c1C. The Morgan fingerprint density at radius 2 is 2.00 bits per heavy atom. The van der Waals surface area contributed by atoms with Crippen LogP contribution in [0.5, 0.6) is 5.75 Å². The number of aryl methyl sites for hydroxylation is 1. The summed E-state index contributed by atoms with van der Waals surface area (Å²) < 4.78 is 7.13. The van der Waals surface area contributed by atoms with Gasteiger partial charge in [0.05, 0.1) is 12.8 Å². The van der Waals surface area contributed by atoms with Crippen LogP contribution < -0.4 is 10.5 Å². The van der Waals surface area contributed by atoms with E-state index in [4.69, 9.17) is 10.5 Å². The molecule has 4 heteroatoms. The lowest BCUT2D eigenvalue weighted by Gasteiger charge is -2.12. The average molecular weight is 245 g/mol. The molecule has 0 fully saturated rings. The normalized spacial score (nSPS) is 10.7. The van der Waals surface area contributed by atoms with Gasteiger partial charge in [-0.05, 0) is 37.1 Å². The lowest BCUT2D eigenvalue weighted by atomic mass is 9.98. The molecule has 0 aliphatic rings. The molecule has 0 aliphatic carbocycles. The number of methoxy groups -OCH3 is 1. The molecule has 0 bridgehead atoms. The Morgan fingerprint density at radius 3 is 2.61 bits per heavy atom. The quantitative estimate of drug-likeness (QED) is 0.901. The van der Waals surface area contributed by atoms with Crippen molar-refractivity contribution in [1.29, 1.82) is 0 Å². The van der Waals surface area contributed by atoms with E-state index in [1.165, 1.54) is 5.56 Å². The van der Waals surface area contributed by atoms with Gasteiger partial charge in [-0.1, -0.05) is 0 Å². The van der Waals surface area contributed by atoms with Gasteiger partial charge in [-0.25, -0.2) is 0 Å². The Hall–Kier alpha value is -1.81. The maximum atomic E-state index is 5.77. The smallest absolute Gasteiger partial charge is 0.122 e. The molecule has 96 valence electrons. The van der Waals surface area contributed by atoms with E-state index in [9.17, 15) is 0 Å². The Morgan fingerprint density at radius 1 is 1.28 bits per heavy atom. The molecular formula is C14H19N3O. The predicted molar refractivity (Wildman–Crippen MR) is 72.6 cm³/mol. The van der Waals surface area contributed by atoms with Crippen LogP contribution in [0.3, 0.4) is 0 Å². The maximum absolute atomic E-state index is 5.77. The summed E-state index contributed by atoms with van der Waals surface area (Å²) in [4.78, 5) is 0. The van der Waals surface area contributed by atoms with Crippen LogP contribution in [0.2, 0.25) is 0 Å². The second-order valence-corrected chi connectivity index (χ2v) is 4.45. The topological polar surface area (TPSA) is 53.1 Å². The highest BCUT2D eigenvalue weighted by atomic mass is 16.5. The molecule has 1 heterocycles. The van der Waals surface area contributed by atoms with E-state index in [0.29, 0.717) is 6.54 Å². The Labute approximate surface area is 107 Å². The number of nitrogens with zero attached hydrogens (tertiary/aromatic N) is 2. The minimum Gasteiger partial charge on any atom is -0.496 e. The number of benzene rings is 1. The lowest BCUT2D eigenvalue weighted by molar-refractivity contribution is 0.411. The van der Waals surface area contributed by atoms with Crippen molar-refractivity contribution in [2.75, 3.05) is 7.11 Å². The van der Waals surface area contributed by atoms with Gasteiger partial charge in [-0.3, -0.25) is 4.68 Å². The number of nitrogens with two attached hydrogens (primary N) is 1. The van der Waals surface area contributed by atoms with Crippen LogP contribution in [0.1, 0.15) is 16.7 Å². The third kappa shape index (κ3) is 1.99. The standard InChI is InChI=1S/C14H19N3O/c1-9-10(2)13(18-4)6-5-12(9)14-11(7-15)8-17(3)16-14/h5-6,8H,7,15H2,1-4H3. The van der Waals surface area contributed by atoms with Crippen molar-refractivity contribution in [3.8, 4) is 17.0 Å². The highest BCUT2D eigenvalue weighted by molar-refractivity contribution is 5.69. The molecule has 2 rings (SSSR count). The van der Waals surface area contributed by atoms with Gasteiger partial charge in [-0.15, -0.1) is 0 Å². The van der Waals surface area contributed by atoms with Crippen molar-refractivity contribution < 1.29 is 4.74 Å². The van der Waals surface area contributed by atoms with Crippen LogP contribution in [-0.4, -0.2) is 16.9 Å². The largest absolute Gasteiger partial charge is 0.496 e. The average Bonchev–Trinajstić information content (AvgIpc) is 2.73. The van der Waals surface area contributed by atoms with Crippen molar-refractivity contribution in [3.05, 3.63) is 35.0 Å². The van der Waals surface area contributed by atoms with Gasteiger partial charge in [-0.2, -0.15) is 5.10 Å². The van der Waals surface area contributed by atoms with Crippen LogP contribution in [0, 0.1) is 13.8 Å². The summed E-state index contributed by atoms with van der Waals surface area (Å²) in [6, 6.07) is 4.02. The molecule has 0 amide bonds. The van der Waals surface area contributed by atoms with Gasteiger partial charge in [0.25, 0.3) is 0 Å². The first-order valence-corrected chi connectivity index (χ1v) is 5.95. The van der Waals surface area contributed by atoms with Gasteiger partial charge in [0.15, 0.2) is 0 Å². The Bertz CT molecular complexity index is 573. The van der Waals surface area contributed by atoms with Crippen LogP contribution in [-0.2, 0) is 13.6 Å². The number of aromatic nitrogens is 2. The molecule has 2 aromatic rings. The van der Waals surface area contributed by atoms with Crippen LogP contribution in [0.4, 0.5) is 0 Å². The second kappa shape index (κ2) is 4.82. The highest BCUT2D eigenvalue weighted by Gasteiger charge is 2.14. The zero-order valence-corrected chi connectivity index (χ0v) is 11.3. The first kappa shape index (κ1) is 12.6. The monoisotopic (exact) mass is 245 g/mol. The second-order valence-electron chi connectivity index (χ2n) is 4.45. The number of ether oxygens (including phenoxy) is 1. The lowest BCUT2D eigenvalue weighted by Crippen LogP contribution is -1.99. The molecule has 0 saturated heterocycles. The summed E-state index contributed by atoms with van der Waals surface area (Å²) in [6.45, 7) is 4.64. The van der Waals surface area contributed by atoms with Gasteiger partial charge in [0, 0.05) is 30.9 Å². The van der Waals surface area contributed by atoms with Gasteiger partial charge in [0.1, 0.15) is 5.75 Å². The maximum Gasteiger partial charge on any atom is 0.122 e. The highest BCUT2D eigenvalue weighted by Crippen LogP contribution is 2.31. The van der Waals surface area contributed by atoms with Crippen LogP contribution in [0.25, 0.3) is 11.3 Å².